The van der Waals surface area contributed by atoms with Gasteiger partial charge in [0.15, 0.2) is 11.5 Å². The predicted octanol–water partition coefficient (Wildman–Crippen LogP) is 5.75. The summed E-state index contributed by atoms with van der Waals surface area (Å²) in [6.07, 6.45) is 1.61. The summed E-state index contributed by atoms with van der Waals surface area (Å²) in [5.41, 5.74) is 2.15. The zero-order valence-electron chi connectivity index (χ0n) is 18.7. The van der Waals surface area contributed by atoms with Gasteiger partial charge in [0.2, 0.25) is 0 Å². The number of halogens is 1. The second-order valence-electron chi connectivity index (χ2n) is 7.80. The van der Waals surface area contributed by atoms with Crippen LogP contribution in [0.15, 0.2) is 81.1 Å². The molecule has 0 aliphatic heterocycles. The Hall–Kier alpha value is -3.45. The van der Waals surface area contributed by atoms with Crippen molar-refractivity contribution < 1.29 is 9.47 Å². The van der Waals surface area contributed by atoms with Crippen LogP contribution in [-0.2, 0) is 6.61 Å². The van der Waals surface area contributed by atoms with E-state index in [4.69, 9.17) is 14.5 Å². The maximum Gasteiger partial charge on any atom is 0.282 e. The van der Waals surface area contributed by atoms with Crippen molar-refractivity contribution in [3.05, 3.63) is 98.5 Å². The monoisotopic (exact) mass is 505 g/mol. The smallest absolute Gasteiger partial charge is 0.282 e. The Morgan fingerprint density at radius 3 is 2.61 bits per heavy atom. The van der Waals surface area contributed by atoms with Gasteiger partial charge in [-0.2, -0.15) is 9.78 Å². The van der Waals surface area contributed by atoms with Crippen LogP contribution in [-0.4, -0.2) is 23.0 Å². The number of hydrogen-bond acceptors (Lipinski definition) is 5. The third-order valence-electron chi connectivity index (χ3n) is 5.12. The van der Waals surface area contributed by atoms with E-state index >= 15 is 0 Å². The van der Waals surface area contributed by atoms with E-state index in [-0.39, 0.29) is 11.5 Å². The van der Waals surface area contributed by atoms with Gasteiger partial charge in [-0.25, -0.2) is 4.98 Å². The number of hydrogen-bond donors (Lipinski definition) is 0. The van der Waals surface area contributed by atoms with Crippen molar-refractivity contribution in [3.63, 3.8) is 0 Å². The van der Waals surface area contributed by atoms with E-state index in [1.165, 1.54) is 4.68 Å². The molecule has 0 bridgehead atoms. The molecule has 0 fully saturated rings. The van der Waals surface area contributed by atoms with Crippen LogP contribution < -0.4 is 15.0 Å². The molecule has 3 aromatic carbocycles. The van der Waals surface area contributed by atoms with Gasteiger partial charge in [-0.05, 0) is 35.9 Å². The maximum atomic E-state index is 13.3. The van der Waals surface area contributed by atoms with Crippen molar-refractivity contribution in [2.75, 3.05) is 7.11 Å². The van der Waals surface area contributed by atoms with Gasteiger partial charge in [0, 0.05) is 16.0 Å². The van der Waals surface area contributed by atoms with E-state index in [0.29, 0.717) is 40.4 Å². The van der Waals surface area contributed by atoms with Crippen LogP contribution in [0.4, 0.5) is 0 Å². The van der Waals surface area contributed by atoms with Crippen molar-refractivity contribution in [1.29, 1.82) is 0 Å². The average molecular weight is 506 g/mol. The summed E-state index contributed by atoms with van der Waals surface area (Å²) >= 11 is 3.43. The van der Waals surface area contributed by atoms with Crippen LogP contribution >= 0.6 is 15.9 Å². The molecule has 168 valence electrons. The SMILES string of the molecule is COc1cccc(C=Nn2c(C(C)C)nc3ccc(Br)cc3c2=O)c1OCc1ccccc1. The summed E-state index contributed by atoms with van der Waals surface area (Å²) in [4.78, 5) is 18.0. The summed E-state index contributed by atoms with van der Waals surface area (Å²) in [6, 6.07) is 20.9. The molecule has 0 atom stereocenters. The van der Waals surface area contributed by atoms with Gasteiger partial charge in [0.05, 0.1) is 24.2 Å². The summed E-state index contributed by atoms with van der Waals surface area (Å²) in [5.74, 6) is 1.73. The van der Waals surface area contributed by atoms with Crippen LogP contribution in [0.25, 0.3) is 10.9 Å². The van der Waals surface area contributed by atoms with E-state index in [0.717, 1.165) is 10.0 Å². The second kappa shape index (κ2) is 10.0. The van der Waals surface area contributed by atoms with E-state index in [2.05, 4.69) is 21.0 Å². The Morgan fingerprint density at radius 1 is 1.09 bits per heavy atom. The van der Waals surface area contributed by atoms with Crippen LogP contribution in [0, 0.1) is 0 Å². The topological polar surface area (TPSA) is 65.7 Å². The standard InChI is InChI=1S/C26H24BrN3O3/c1-17(2)25-29-22-13-12-20(27)14-21(22)26(31)30(25)28-15-19-10-7-11-23(32-3)24(19)33-16-18-8-5-4-6-9-18/h4-15,17H,16H2,1-3H3. The molecule has 4 aromatic rings. The van der Waals surface area contributed by atoms with Crippen molar-refractivity contribution in [2.24, 2.45) is 5.10 Å². The molecule has 0 amide bonds. The number of rotatable bonds is 7. The number of ether oxygens (including phenoxy) is 2. The molecule has 0 saturated heterocycles. The third kappa shape index (κ3) is 4.98. The first-order valence-corrected chi connectivity index (χ1v) is 11.4. The van der Waals surface area contributed by atoms with Crippen molar-refractivity contribution in [2.45, 2.75) is 26.4 Å². The fraction of sp³-hybridized carbons (Fsp3) is 0.192. The second-order valence-corrected chi connectivity index (χ2v) is 8.72. The summed E-state index contributed by atoms with van der Waals surface area (Å²) in [5, 5.41) is 5.03. The molecule has 33 heavy (non-hydrogen) atoms. The lowest BCUT2D eigenvalue weighted by Crippen LogP contribution is -2.23. The minimum atomic E-state index is -0.226. The third-order valence-corrected chi connectivity index (χ3v) is 5.61. The zero-order chi connectivity index (χ0) is 23.4. The highest BCUT2D eigenvalue weighted by Crippen LogP contribution is 2.31. The van der Waals surface area contributed by atoms with Gasteiger partial charge in [-0.3, -0.25) is 4.79 Å². The van der Waals surface area contributed by atoms with Crippen LogP contribution in [0.1, 0.15) is 36.7 Å². The first-order chi connectivity index (χ1) is 16.0. The van der Waals surface area contributed by atoms with Crippen molar-refractivity contribution in [1.82, 2.24) is 9.66 Å². The minimum absolute atomic E-state index is 0.00186. The number of fused-ring (bicyclic) bond motifs is 1. The van der Waals surface area contributed by atoms with Gasteiger partial charge in [0.25, 0.3) is 5.56 Å². The lowest BCUT2D eigenvalue weighted by molar-refractivity contribution is 0.284. The van der Waals surface area contributed by atoms with E-state index < -0.39 is 0 Å². The molecule has 1 aromatic heterocycles. The Morgan fingerprint density at radius 2 is 1.88 bits per heavy atom. The molecule has 0 radical (unpaired) electrons. The van der Waals surface area contributed by atoms with Crippen molar-refractivity contribution in [3.8, 4) is 11.5 Å². The fourth-order valence-corrected chi connectivity index (χ4v) is 3.81. The molecule has 0 saturated carbocycles. The molecule has 7 heteroatoms. The zero-order valence-corrected chi connectivity index (χ0v) is 20.2. The molecule has 0 spiro atoms. The summed E-state index contributed by atoms with van der Waals surface area (Å²) in [7, 11) is 1.60. The highest BCUT2D eigenvalue weighted by molar-refractivity contribution is 9.10. The van der Waals surface area contributed by atoms with Gasteiger partial charge in [-0.15, -0.1) is 0 Å². The Balaban J connectivity index is 1.77. The first kappa shape index (κ1) is 22.7. The number of para-hydroxylation sites is 1. The Bertz CT molecular complexity index is 1360. The van der Waals surface area contributed by atoms with Crippen LogP contribution in [0.5, 0.6) is 11.5 Å². The minimum Gasteiger partial charge on any atom is -0.493 e. The highest BCUT2D eigenvalue weighted by Gasteiger charge is 2.15. The first-order valence-electron chi connectivity index (χ1n) is 10.6. The molecular formula is C26H24BrN3O3. The van der Waals surface area contributed by atoms with Crippen molar-refractivity contribution >= 4 is 33.0 Å². The molecule has 4 rings (SSSR count). The maximum absolute atomic E-state index is 13.3. The molecule has 0 aliphatic rings. The van der Waals surface area contributed by atoms with Gasteiger partial charge in [-0.1, -0.05) is 66.2 Å². The number of methoxy groups -OCH3 is 1. The number of benzene rings is 3. The molecule has 0 N–H and O–H groups in total. The number of nitrogens with zero attached hydrogens (tertiary/aromatic N) is 3. The van der Waals surface area contributed by atoms with Crippen LogP contribution in [0.3, 0.4) is 0 Å². The molecular weight excluding hydrogens is 482 g/mol. The molecule has 1 heterocycles. The van der Waals surface area contributed by atoms with E-state index in [1.807, 2.05) is 74.5 Å². The molecule has 0 unspecified atom stereocenters. The number of aromatic nitrogens is 2. The van der Waals surface area contributed by atoms with Gasteiger partial charge < -0.3 is 9.47 Å². The van der Waals surface area contributed by atoms with E-state index in [1.54, 1.807) is 19.4 Å². The summed E-state index contributed by atoms with van der Waals surface area (Å²) in [6.45, 7) is 4.35. The Kier molecular flexibility index (Phi) is 6.89. The van der Waals surface area contributed by atoms with Gasteiger partial charge in [0.1, 0.15) is 12.4 Å². The predicted molar refractivity (Wildman–Crippen MR) is 135 cm³/mol. The normalized spacial score (nSPS) is 11.4. The quantitative estimate of drug-likeness (QED) is 0.300. The van der Waals surface area contributed by atoms with Crippen LogP contribution in [0.2, 0.25) is 0 Å². The highest BCUT2D eigenvalue weighted by atomic mass is 79.9. The van der Waals surface area contributed by atoms with E-state index in [9.17, 15) is 4.79 Å². The molecule has 6 nitrogen and oxygen atoms in total. The largest absolute Gasteiger partial charge is 0.493 e. The fourth-order valence-electron chi connectivity index (χ4n) is 3.45. The lowest BCUT2D eigenvalue weighted by atomic mass is 10.2. The average Bonchev–Trinajstić information content (AvgIpc) is 2.83. The van der Waals surface area contributed by atoms with Gasteiger partial charge >= 0.3 is 0 Å². The summed E-state index contributed by atoms with van der Waals surface area (Å²) < 4.78 is 13.8. The lowest BCUT2D eigenvalue weighted by Gasteiger charge is -2.14. The molecule has 0 aliphatic carbocycles. The Labute approximate surface area is 200 Å².